The number of carbonyl (C=O) groups is 1. The van der Waals surface area contributed by atoms with Crippen LogP contribution in [0.15, 0.2) is 42.7 Å². The second kappa shape index (κ2) is 8.09. The molecule has 0 aliphatic carbocycles. The lowest BCUT2D eigenvalue weighted by Gasteiger charge is -2.08. The molecule has 8 heteroatoms. The molecular weight excluding hydrogens is 322 g/mol. The first-order chi connectivity index (χ1) is 10.5. The van der Waals surface area contributed by atoms with Crippen molar-refractivity contribution in [1.29, 1.82) is 0 Å². The number of nitrogens with zero attached hydrogens (tertiary/aromatic N) is 2. The van der Waals surface area contributed by atoms with E-state index in [4.69, 9.17) is 4.74 Å². The number of anilines is 1. The smallest absolute Gasteiger partial charge is 0.290 e. The molecule has 2 aromatic rings. The Morgan fingerprint density at radius 3 is 2.52 bits per heavy atom. The number of nitro benzene ring substituents is 1. The quantitative estimate of drug-likeness (QED) is 0.424. The Labute approximate surface area is 139 Å². The molecule has 0 unspecified atom stereocenters. The molecule has 122 valence electrons. The number of aromatic nitrogens is 1. The molecule has 0 atom stereocenters. The van der Waals surface area contributed by atoms with Gasteiger partial charge in [0.1, 0.15) is 5.75 Å². The summed E-state index contributed by atoms with van der Waals surface area (Å²) in [6.45, 7) is 2.10. The molecule has 1 aromatic carbocycles. The highest BCUT2D eigenvalue weighted by Crippen LogP contribution is 2.28. The van der Waals surface area contributed by atoms with E-state index >= 15 is 0 Å². The molecule has 1 heterocycles. The van der Waals surface area contributed by atoms with Crippen molar-refractivity contribution in [1.82, 2.24) is 0 Å². The van der Waals surface area contributed by atoms with Crippen LogP contribution in [-0.4, -0.2) is 17.9 Å². The van der Waals surface area contributed by atoms with Crippen molar-refractivity contribution in [2.75, 3.05) is 12.4 Å². The number of pyridine rings is 1. The maximum atomic E-state index is 12.0. The number of hydrogen-bond acceptors (Lipinski definition) is 4. The normalized spacial score (nSPS) is 9.65. The van der Waals surface area contributed by atoms with Crippen LogP contribution in [-0.2, 0) is 11.3 Å². The van der Waals surface area contributed by atoms with E-state index in [-0.39, 0.29) is 36.3 Å². The van der Waals surface area contributed by atoms with E-state index < -0.39 is 4.92 Å². The topological polar surface area (TPSA) is 85.3 Å². The molecule has 0 saturated carbocycles. The van der Waals surface area contributed by atoms with Gasteiger partial charge in [0.05, 0.1) is 23.8 Å². The number of rotatable bonds is 5. The second-order valence-corrected chi connectivity index (χ2v) is 4.74. The monoisotopic (exact) mass is 337 g/mol. The first kappa shape index (κ1) is 18.4. The number of nitrogens with one attached hydrogen (secondary N) is 1. The number of aryl methyl sites for hydroxylation is 1. The lowest BCUT2D eigenvalue weighted by atomic mass is 10.2. The predicted molar refractivity (Wildman–Crippen MR) is 79.7 cm³/mol. The number of halogens is 1. The highest BCUT2D eigenvalue weighted by molar-refractivity contribution is 5.91. The molecule has 7 nitrogen and oxygen atoms in total. The molecular formula is C15H16ClN3O4. The molecule has 0 bridgehead atoms. The standard InChI is InChI=1S/C15H15N3O4.ClH/c1-11-5-7-17(8-6-11)10-15(19)16-13-4-3-12(18(20)21)9-14(13)22-2;/h3-9H,10H2,1-2H3;1H. The van der Waals surface area contributed by atoms with Gasteiger partial charge in [0.25, 0.3) is 11.6 Å². The number of ether oxygens (including phenoxy) is 1. The SMILES string of the molecule is COc1cc([N+](=O)[O-])ccc1NC(=O)C[n+]1ccc(C)cc1.[Cl-]. The minimum Gasteiger partial charge on any atom is -1.00 e. The van der Waals surface area contributed by atoms with E-state index in [0.717, 1.165) is 5.56 Å². The summed E-state index contributed by atoms with van der Waals surface area (Å²) < 4.78 is 6.81. The Balaban J connectivity index is 0.00000264. The minimum absolute atomic E-state index is 0. The van der Waals surface area contributed by atoms with Gasteiger partial charge in [0.2, 0.25) is 6.54 Å². The van der Waals surface area contributed by atoms with E-state index in [9.17, 15) is 14.9 Å². The maximum absolute atomic E-state index is 12.0. The zero-order chi connectivity index (χ0) is 16.1. The minimum atomic E-state index is -0.518. The number of non-ortho nitro benzene ring substituents is 1. The van der Waals surface area contributed by atoms with Gasteiger partial charge in [-0.3, -0.25) is 14.9 Å². The van der Waals surface area contributed by atoms with Crippen molar-refractivity contribution in [2.24, 2.45) is 0 Å². The molecule has 1 aromatic heterocycles. The third-order valence-electron chi connectivity index (χ3n) is 3.05. The summed E-state index contributed by atoms with van der Waals surface area (Å²) in [5.41, 5.74) is 1.40. The number of benzene rings is 1. The maximum Gasteiger partial charge on any atom is 0.290 e. The highest BCUT2D eigenvalue weighted by atomic mass is 35.5. The Morgan fingerprint density at radius 1 is 1.30 bits per heavy atom. The Kier molecular flexibility index (Phi) is 6.47. The Bertz CT molecular complexity index is 704. The molecule has 0 aliphatic rings. The van der Waals surface area contributed by atoms with Crippen molar-refractivity contribution in [3.8, 4) is 5.75 Å². The Hall–Kier alpha value is -2.67. The fourth-order valence-corrected chi connectivity index (χ4v) is 1.89. The fourth-order valence-electron chi connectivity index (χ4n) is 1.89. The molecule has 0 spiro atoms. The summed E-state index contributed by atoms with van der Waals surface area (Å²) in [4.78, 5) is 22.2. The van der Waals surface area contributed by atoms with Gasteiger partial charge in [0, 0.05) is 18.2 Å². The number of hydrogen-bond donors (Lipinski definition) is 1. The van der Waals surface area contributed by atoms with E-state index in [1.807, 2.05) is 31.5 Å². The van der Waals surface area contributed by atoms with Crippen molar-refractivity contribution < 1.29 is 31.4 Å². The average molecular weight is 338 g/mol. The molecule has 1 amide bonds. The van der Waals surface area contributed by atoms with Crippen LogP contribution >= 0.6 is 0 Å². The van der Waals surface area contributed by atoms with Crippen LogP contribution in [0.3, 0.4) is 0 Å². The zero-order valence-corrected chi connectivity index (χ0v) is 13.4. The summed E-state index contributed by atoms with van der Waals surface area (Å²) in [5.74, 6) is -0.00235. The van der Waals surface area contributed by atoms with Gasteiger partial charge >= 0.3 is 0 Å². The van der Waals surface area contributed by atoms with E-state index in [0.29, 0.717) is 5.69 Å². The summed E-state index contributed by atoms with van der Waals surface area (Å²) in [5, 5.41) is 13.4. The molecule has 1 N–H and O–H groups in total. The van der Waals surface area contributed by atoms with Crippen molar-refractivity contribution in [3.63, 3.8) is 0 Å². The van der Waals surface area contributed by atoms with Crippen molar-refractivity contribution >= 4 is 17.3 Å². The van der Waals surface area contributed by atoms with Gasteiger partial charge in [-0.1, -0.05) is 0 Å². The number of methoxy groups -OCH3 is 1. The average Bonchev–Trinajstić information content (AvgIpc) is 2.49. The fraction of sp³-hybridized carbons (Fsp3) is 0.200. The first-order valence-corrected chi connectivity index (χ1v) is 6.57. The van der Waals surface area contributed by atoms with Crippen LogP contribution in [0, 0.1) is 17.0 Å². The highest BCUT2D eigenvalue weighted by Gasteiger charge is 2.15. The van der Waals surface area contributed by atoms with Gasteiger partial charge in [-0.15, -0.1) is 0 Å². The number of carbonyl (C=O) groups excluding carboxylic acids is 1. The summed E-state index contributed by atoms with van der Waals surface area (Å²) in [6, 6.07) is 7.85. The molecule has 0 saturated heterocycles. The van der Waals surface area contributed by atoms with Crippen molar-refractivity contribution in [2.45, 2.75) is 13.5 Å². The van der Waals surface area contributed by atoms with Crippen molar-refractivity contribution in [3.05, 3.63) is 58.4 Å². The first-order valence-electron chi connectivity index (χ1n) is 6.57. The number of amides is 1. The molecule has 23 heavy (non-hydrogen) atoms. The summed E-state index contributed by atoms with van der Waals surface area (Å²) in [6.07, 6.45) is 3.62. The van der Waals surface area contributed by atoms with Crippen LogP contribution in [0.2, 0.25) is 0 Å². The van der Waals surface area contributed by atoms with Gasteiger partial charge in [-0.05, 0) is 18.6 Å². The van der Waals surface area contributed by atoms with Crippen LogP contribution in [0.4, 0.5) is 11.4 Å². The van der Waals surface area contributed by atoms with E-state index in [1.165, 1.54) is 25.3 Å². The van der Waals surface area contributed by atoms with Gasteiger partial charge < -0.3 is 22.5 Å². The zero-order valence-electron chi connectivity index (χ0n) is 12.7. The molecule has 2 rings (SSSR count). The predicted octanol–water partition coefficient (Wildman–Crippen LogP) is -1.16. The van der Waals surface area contributed by atoms with Crippen LogP contribution in [0.5, 0.6) is 5.75 Å². The van der Waals surface area contributed by atoms with Gasteiger partial charge in [-0.2, -0.15) is 4.57 Å². The van der Waals surface area contributed by atoms with Crippen LogP contribution < -0.4 is 27.0 Å². The third-order valence-corrected chi connectivity index (χ3v) is 3.05. The van der Waals surface area contributed by atoms with Gasteiger partial charge in [0.15, 0.2) is 12.4 Å². The second-order valence-electron chi connectivity index (χ2n) is 4.74. The van der Waals surface area contributed by atoms with E-state index in [2.05, 4.69) is 5.32 Å². The molecule has 0 radical (unpaired) electrons. The van der Waals surface area contributed by atoms with E-state index in [1.54, 1.807) is 4.57 Å². The number of nitro groups is 1. The summed E-state index contributed by atoms with van der Waals surface area (Å²) in [7, 11) is 1.39. The lowest BCUT2D eigenvalue weighted by molar-refractivity contribution is -0.684. The Morgan fingerprint density at radius 2 is 1.96 bits per heavy atom. The lowest BCUT2D eigenvalue weighted by Crippen LogP contribution is -3.00. The molecule has 0 aliphatic heterocycles. The van der Waals surface area contributed by atoms with Gasteiger partial charge in [-0.25, -0.2) is 0 Å². The third kappa shape index (κ3) is 4.93. The van der Waals surface area contributed by atoms with Crippen LogP contribution in [0.25, 0.3) is 0 Å². The molecule has 0 fully saturated rings. The largest absolute Gasteiger partial charge is 1.00 e. The van der Waals surface area contributed by atoms with Crippen LogP contribution in [0.1, 0.15) is 5.56 Å². The summed E-state index contributed by atoms with van der Waals surface area (Å²) >= 11 is 0.